The average Bonchev–Trinajstić information content (AvgIpc) is 2.36. The zero-order valence-electron chi connectivity index (χ0n) is 10.5. The summed E-state index contributed by atoms with van der Waals surface area (Å²) in [5.74, 6) is -2.62. The van der Waals surface area contributed by atoms with Crippen molar-refractivity contribution in [1.82, 2.24) is 4.31 Å². The van der Waals surface area contributed by atoms with Crippen LogP contribution in [0, 0.1) is 15.9 Å². The second-order valence-electron chi connectivity index (χ2n) is 3.91. The van der Waals surface area contributed by atoms with E-state index in [-0.39, 0.29) is 0 Å². The average molecular weight is 306 g/mol. The number of nitro groups is 1. The van der Waals surface area contributed by atoms with E-state index in [0.29, 0.717) is 16.4 Å². The van der Waals surface area contributed by atoms with E-state index in [0.717, 1.165) is 20.0 Å². The number of sulfonamides is 1. The summed E-state index contributed by atoms with van der Waals surface area (Å²) < 4.78 is 38.2. The summed E-state index contributed by atoms with van der Waals surface area (Å²) in [5.41, 5.74) is -0.610. The van der Waals surface area contributed by atoms with E-state index < -0.39 is 43.4 Å². The number of halogens is 1. The van der Waals surface area contributed by atoms with Crippen molar-refractivity contribution in [1.29, 1.82) is 0 Å². The van der Waals surface area contributed by atoms with Gasteiger partial charge in [-0.1, -0.05) is 0 Å². The molecule has 0 saturated heterocycles. The monoisotopic (exact) mass is 306 g/mol. The largest absolute Gasteiger partial charge is 0.480 e. The summed E-state index contributed by atoms with van der Waals surface area (Å²) in [4.78, 5) is 19.5. The van der Waals surface area contributed by atoms with Gasteiger partial charge in [-0.15, -0.1) is 0 Å². The minimum Gasteiger partial charge on any atom is -0.480 e. The number of aliphatic carboxylic acids is 1. The molecule has 1 atom stereocenters. The molecule has 10 heteroatoms. The van der Waals surface area contributed by atoms with Crippen LogP contribution in [0.3, 0.4) is 0 Å². The van der Waals surface area contributed by atoms with Crippen LogP contribution in [0.25, 0.3) is 0 Å². The minimum absolute atomic E-state index is 0.428. The molecule has 1 rings (SSSR count). The number of hydrogen-bond acceptors (Lipinski definition) is 5. The van der Waals surface area contributed by atoms with Crippen molar-refractivity contribution in [2.24, 2.45) is 0 Å². The number of rotatable bonds is 5. The Hall–Kier alpha value is -2.07. The first-order chi connectivity index (χ1) is 9.09. The first-order valence-electron chi connectivity index (χ1n) is 5.23. The van der Waals surface area contributed by atoms with E-state index in [9.17, 15) is 27.7 Å². The third-order valence-corrected chi connectivity index (χ3v) is 4.63. The van der Waals surface area contributed by atoms with Crippen molar-refractivity contribution in [2.75, 3.05) is 7.05 Å². The molecule has 0 radical (unpaired) electrons. The smallest absolute Gasteiger partial charge is 0.321 e. The molecule has 0 spiro atoms. The van der Waals surface area contributed by atoms with Crippen LogP contribution in [-0.4, -0.2) is 41.8 Å². The van der Waals surface area contributed by atoms with Gasteiger partial charge in [-0.25, -0.2) is 12.8 Å². The van der Waals surface area contributed by atoms with Crippen LogP contribution in [0.2, 0.25) is 0 Å². The van der Waals surface area contributed by atoms with Gasteiger partial charge >= 0.3 is 5.97 Å². The predicted octanol–water partition coefficient (Wildman–Crippen LogP) is 0.828. The fourth-order valence-corrected chi connectivity index (χ4v) is 2.72. The number of carbonyl (C=O) groups is 1. The van der Waals surface area contributed by atoms with Gasteiger partial charge in [-0.05, 0) is 13.0 Å². The highest BCUT2D eigenvalue weighted by Crippen LogP contribution is 2.24. The van der Waals surface area contributed by atoms with Crippen LogP contribution in [0.5, 0.6) is 0 Å². The zero-order valence-corrected chi connectivity index (χ0v) is 11.3. The Morgan fingerprint density at radius 1 is 1.50 bits per heavy atom. The number of hydrogen-bond donors (Lipinski definition) is 1. The molecular weight excluding hydrogens is 295 g/mol. The van der Waals surface area contributed by atoms with Crippen LogP contribution < -0.4 is 0 Å². The van der Waals surface area contributed by atoms with E-state index in [2.05, 4.69) is 0 Å². The maximum absolute atomic E-state index is 13.6. The number of nitrogens with zero attached hydrogens (tertiary/aromatic N) is 2. The lowest BCUT2D eigenvalue weighted by molar-refractivity contribution is -0.385. The molecule has 1 aromatic carbocycles. The van der Waals surface area contributed by atoms with Gasteiger partial charge < -0.3 is 5.11 Å². The van der Waals surface area contributed by atoms with Gasteiger partial charge in [0.2, 0.25) is 10.0 Å². The van der Waals surface area contributed by atoms with Gasteiger partial charge in [0, 0.05) is 19.2 Å². The van der Waals surface area contributed by atoms with Gasteiger partial charge in [0.1, 0.15) is 16.8 Å². The molecule has 0 aliphatic carbocycles. The van der Waals surface area contributed by atoms with Gasteiger partial charge in [-0.3, -0.25) is 14.9 Å². The van der Waals surface area contributed by atoms with E-state index in [4.69, 9.17) is 5.11 Å². The van der Waals surface area contributed by atoms with Gasteiger partial charge in [0.15, 0.2) is 0 Å². The molecule has 0 aromatic heterocycles. The van der Waals surface area contributed by atoms with Gasteiger partial charge in [0.25, 0.3) is 5.69 Å². The lowest BCUT2D eigenvalue weighted by Gasteiger charge is -2.21. The molecule has 0 saturated carbocycles. The Labute approximate surface area is 113 Å². The molecule has 1 N–H and O–H groups in total. The lowest BCUT2D eigenvalue weighted by Crippen LogP contribution is -2.40. The number of non-ortho nitro benzene ring substituents is 1. The van der Waals surface area contributed by atoms with Crippen LogP contribution in [0.15, 0.2) is 23.1 Å². The number of nitro benzene ring substituents is 1. The van der Waals surface area contributed by atoms with E-state index in [1.807, 2.05) is 0 Å². The Morgan fingerprint density at radius 3 is 2.50 bits per heavy atom. The zero-order chi connectivity index (χ0) is 15.7. The minimum atomic E-state index is -4.50. The molecule has 0 fully saturated rings. The van der Waals surface area contributed by atoms with Gasteiger partial charge in [-0.2, -0.15) is 4.31 Å². The molecule has 0 aliphatic rings. The SMILES string of the molecule is CC(C(=O)O)N(C)S(=O)(=O)c1cc([N+](=O)[O-])ccc1F. The van der Waals surface area contributed by atoms with Crippen molar-refractivity contribution in [3.8, 4) is 0 Å². The first kappa shape index (κ1) is 16.0. The quantitative estimate of drug-likeness (QED) is 0.635. The predicted molar refractivity (Wildman–Crippen MR) is 65.1 cm³/mol. The highest BCUT2D eigenvalue weighted by Gasteiger charge is 2.32. The number of likely N-dealkylation sites (N-methyl/N-ethyl adjacent to an activating group) is 1. The summed E-state index contributed by atoms with van der Waals surface area (Å²) in [6.45, 7) is 1.09. The van der Waals surface area contributed by atoms with Crippen LogP contribution in [0.1, 0.15) is 6.92 Å². The van der Waals surface area contributed by atoms with Crippen LogP contribution >= 0.6 is 0 Å². The molecule has 0 heterocycles. The molecule has 1 unspecified atom stereocenters. The highest BCUT2D eigenvalue weighted by molar-refractivity contribution is 7.89. The third kappa shape index (κ3) is 2.91. The molecule has 0 aliphatic heterocycles. The second kappa shape index (κ2) is 5.51. The van der Waals surface area contributed by atoms with E-state index in [1.165, 1.54) is 0 Å². The Morgan fingerprint density at radius 2 is 2.05 bits per heavy atom. The Balaban J connectivity index is 3.38. The Kier molecular flexibility index (Phi) is 4.40. The number of carboxylic acids is 1. The topological polar surface area (TPSA) is 118 Å². The van der Waals surface area contributed by atoms with E-state index >= 15 is 0 Å². The maximum Gasteiger partial charge on any atom is 0.321 e. The fourth-order valence-electron chi connectivity index (χ4n) is 1.32. The summed E-state index contributed by atoms with van der Waals surface area (Å²) in [6.07, 6.45) is 0. The normalized spacial score (nSPS) is 13.2. The highest BCUT2D eigenvalue weighted by atomic mass is 32.2. The van der Waals surface area contributed by atoms with Crippen molar-refractivity contribution in [3.05, 3.63) is 34.1 Å². The molecule has 110 valence electrons. The summed E-state index contributed by atoms with van der Waals surface area (Å²) in [7, 11) is -3.55. The van der Waals surface area contributed by atoms with Gasteiger partial charge in [0.05, 0.1) is 4.92 Å². The molecule has 0 amide bonds. The second-order valence-corrected chi connectivity index (χ2v) is 5.87. The lowest BCUT2D eigenvalue weighted by atomic mass is 10.3. The van der Waals surface area contributed by atoms with Crippen molar-refractivity contribution in [3.63, 3.8) is 0 Å². The fraction of sp³-hybridized carbons (Fsp3) is 0.300. The molecule has 20 heavy (non-hydrogen) atoms. The third-order valence-electron chi connectivity index (χ3n) is 2.69. The molecule has 0 bridgehead atoms. The summed E-state index contributed by atoms with van der Waals surface area (Å²) >= 11 is 0. The molecular formula is C10H11FN2O6S. The summed E-state index contributed by atoms with van der Waals surface area (Å²) in [6, 6.07) is 0.563. The number of benzene rings is 1. The molecule has 1 aromatic rings. The van der Waals surface area contributed by atoms with Crippen LogP contribution in [0.4, 0.5) is 10.1 Å². The summed E-state index contributed by atoms with van der Waals surface area (Å²) in [5, 5.41) is 19.4. The van der Waals surface area contributed by atoms with Crippen molar-refractivity contribution >= 4 is 21.7 Å². The van der Waals surface area contributed by atoms with Crippen LogP contribution in [-0.2, 0) is 14.8 Å². The maximum atomic E-state index is 13.6. The molecule has 8 nitrogen and oxygen atoms in total. The Bertz CT molecular complexity index is 660. The standard InChI is InChI=1S/C10H11FN2O6S/c1-6(10(14)15)12(2)20(18,19)9-5-7(13(16)17)3-4-8(9)11/h3-6H,1-2H3,(H,14,15). The van der Waals surface area contributed by atoms with Crippen molar-refractivity contribution in [2.45, 2.75) is 17.9 Å². The van der Waals surface area contributed by atoms with E-state index in [1.54, 1.807) is 0 Å². The first-order valence-corrected chi connectivity index (χ1v) is 6.68. The van der Waals surface area contributed by atoms with Crippen molar-refractivity contribution < 1.29 is 27.6 Å². The number of carboxylic acid groups (broad SMARTS) is 1.